The first-order valence-corrected chi connectivity index (χ1v) is 7.91. The van der Waals surface area contributed by atoms with Crippen LogP contribution in [0.5, 0.6) is 0 Å². The van der Waals surface area contributed by atoms with Crippen LogP contribution in [0.4, 0.5) is 0 Å². The van der Waals surface area contributed by atoms with E-state index in [1.807, 2.05) is 12.1 Å². The fourth-order valence-electron chi connectivity index (χ4n) is 3.16. The summed E-state index contributed by atoms with van der Waals surface area (Å²) in [5.41, 5.74) is 2.13. The summed E-state index contributed by atoms with van der Waals surface area (Å²) in [5, 5.41) is 10.4. The number of H-pyrrole nitrogens is 1. The van der Waals surface area contributed by atoms with Crippen LogP contribution < -0.4 is 0 Å². The first kappa shape index (κ1) is 16.6. The number of rotatable bonds is 8. The van der Waals surface area contributed by atoms with Gasteiger partial charge in [0.05, 0.1) is 7.11 Å². The SMILES string of the molecule is CC[C@@](CCCO)(CCC(=O)OC)c1cc2ccccc2[nH]1. The van der Waals surface area contributed by atoms with Crippen LogP contribution in [-0.4, -0.2) is 29.8 Å². The number of aromatic nitrogens is 1. The average Bonchev–Trinajstić information content (AvgIpc) is 2.99. The molecule has 1 aromatic carbocycles. The van der Waals surface area contributed by atoms with Crippen molar-refractivity contribution in [2.24, 2.45) is 0 Å². The summed E-state index contributed by atoms with van der Waals surface area (Å²) in [6, 6.07) is 10.4. The molecule has 0 aliphatic heterocycles. The monoisotopic (exact) mass is 303 g/mol. The van der Waals surface area contributed by atoms with Crippen molar-refractivity contribution in [3.63, 3.8) is 0 Å². The summed E-state index contributed by atoms with van der Waals surface area (Å²) >= 11 is 0. The Balaban J connectivity index is 2.34. The fourth-order valence-corrected chi connectivity index (χ4v) is 3.16. The van der Waals surface area contributed by atoms with Crippen LogP contribution in [0.3, 0.4) is 0 Å². The quantitative estimate of drug-likeness (QED) is 0.733. The van der Waals surface area contributed by atoms with E-state index >= 15 is 0 Å². The fraction of sp³-hybridized carbons (Fsp3) is 0.500. The van der Waals surface area contributed by atoms with Crippen molar-refractivity contribution in [1.29, 1.82) is 0 Å². The molecule has 0 spiro atoms. The van der Waals surface area contributed by atoms with Gasteiger partial charge in [-0.05, 0) is 43.2 Å². The zero-order chi connectivity index (χ0) is 16.0. The highest BCUT2D eigenvalue weighted by molar-refractivity contribution is 5.80. The van der Waals surface area contributed by atoms with Crippen LogP contribution in [0.1, 0.15) is 44.7 Å². The van der Waals surface area contributed by atoms with Gasteiger partial charge in [-0.3, -0.25) is 4.79 Å². The molecule has 0 fully saturated rings. The molecule has 1 heterocycles. The van der Waals surface area contributed by atoms with Gasteiger partial charge in [0.1, 0.15) is 0 Å². The molecule has 2 rings (SSSR count). The predicted molar refractivity (Wildman–Crippen MR) is 87.8 cm³/mol. The molecule has 0 unspecified atom stereocenters. The summed E-state index contributed by atoms with van der Waals surface area (Å²) in [6.07, 6.45) is 3.61. The van der Waals surface area contributed by atoms with E-state index in [-0.39, 0.29) is 18.0 Å². The Hall–Kier alpha value is -1.81. The number of carbonyl (C=O) groups excluding carboxylic acids is 1. The summed E-state index contributed by atoms with van der Waals surface area (Å²) in [7, 11) is 1.42. The lowest BCUT2D eigenvalue weighted by Crippen LogP contribution is -2.27. The van der Waals surface area contributed by atoms with Crippen molar-refractivity contribution >= 4 is 16.9 Å². The standard InChI is InChI=1S/C18H25NO3/c1-3-18(10-6-12-20,11-9-17(21)22-2)16-13-14-7-4-5-8-15(14)19-16/h4-5,7-8,13,19-20H,3,6,9-12H2,1-2H3/t18-/m1/s1. The third kappa shape index (κ3) is 3.50. The molecule has 4 heteroatoms. The third-order valence-electron chi connectivity index (χ3n) is 4.63. The summed E-state index contributed by atoms with van der Waals surface area (Å²) in [6.45, 7) is 2.31. The molecule has 0 saturated heterocycles. The van der Waals surface area contributed by atoms with Crippen molar-refractivity contribution in [2.75, 3.05) is 13.7 Å². The number of benzene rings is 1. The Labute approximate surface area is 131 Å². The maximum atomic E-state index is 11.6. The minimum Gasteiger partial charge on any atom is -0.469 e. The topological polar surface area (TPSA) is 62.3 Å². The van der Waals surface area contributed by atoms with Crippen LogP contribution in [0, 0.1) is 0 Å². The number of nitrogens with one attached hydrogen (secondary N) is 1. The van der Waals surface area contributed by atoms with Gasteiger partial charge in [-0.25, -0.2) is 0 Å². The van der Waals surface area contributed by atoms with Crippen molar-refractivity contribution < 1.29 is 14.6 Å². The van der Waals surface area contributed by atoms with E-state index in [1.54, 1.807) is 0 Å². The van der Waals surface area contributed by atoms with Gasteiger partial charge in [0.25, 0.3) is 0 Å². The van der Waals surface area contributed by atoms with Crippen LogP contribution in [0.15, 0.2) is 30.3 Å². The average molecular weight is 303 g/mol. The summed E-state index contributed by atoms with van der Waals surface area (Å²) < 4.78 is 4.79. The molecule has 0 saturated carbocycles. The number of aromatic amines is 1. The number of aliphatic hydroxyl groups is 1. The van der Waals surface area contributed by atoms with Crippen molar-refractivity contribution in [2.45, 2.75) is 44.4 Å². The molecule has 120 valence electrons. The van der Waals surface area contributed by atoms with E-state index in [2.05, 4.69) is 30.1 Å². The van der Waals surface area contributed by atoms with Gasteiger partial charge in [0.15, 0.2) is 0 Å². The molecule has 22 heavy (non-hydrogen) atoms. The van der Waals surface area contributed by atoms with Crippen LogP contribution in [0.2, 0.25) is 0 Å². The summed E-state index contributed by atoms with van der Waals surface area (Å²) in [5.74, 6) is -0.182. The van der Waals surface area contributed by atoms with Gasteiger partial charge in [0, 0.05) is 29.7 Å². The van der Waals surface area contributed by atoms with Gasteiger partial charge in [-0.15, -0.1) is 0 Å². The molecular weight excluding hydrogens is 278 g/mol. The molecule has 2 N–H and O–H groups in total. The number of carbonyl (C=O) groups is 1. The maximum absolute atomic E-state index is 11.6. The van der Waals surface area contributed by atoms with Crippen LogP contribution >= 0.6 is 0 Å². The van der Waals surface area contributed by atoms with E-state index in [0.29, 0.717) is 6.42 Å². The van der Waals surface area contributed by atoms with Crippen LogP contribution in [0.25, 0.3) is 10.9 Å². The highest BCUT2D eigenvalue weighted by atomic mass is 16.5. The molecule has 1 aromatic heterocycles. The maximum Gasteiger partial charge on any atom is 0.305 e. The smallest absolute Gasteiger partial charge is 0.305 e. The van der Waals surface area contributed by atoms with E-state index in [0.717, 1.165) is 36.9 Å². The first-order valence-electron chi connectivity index (χ1n) is 7.91. The molecule has 0 bridgehead atoms. The van der Waals surface area contributed by atoms with E-state index in [4.69, 9.17) is 4.74 Å². The lowest BCUT2D eigenvalue weighted by molar-refractivity contribution is -0.141. The van der Waals surface area contributed by atoms with E-state index < -0.39 is 0 Å². The van der Waals surface area contributed by atoms with Gasteiger partial charge in [-0.2, -0.15) is 0 Å². The largest absolute Gasteiger partial charge is 0.469 e. The number of aliphatic hydroxyl groups excluding tert-OH is 1. The normalized spacial score (nSPS) is 14.0. The van der Waals surface area contributed by atoms with Gasteiger partial charge >= 0.3 is 5.97 Å². The first-order chi connectivity index (χ1) is 10.6. The van der Waals surface area contributed by atoms with Crippen LogP contribution in [-0.2, 0) is 14.9 Å². The van der Waals surface area contributed by atoms with Gasteiger partial charge < -0.3 is 14.8 Å². The lowest BCUT2D eigenvalue weighted by atomic mass is 9.74. The molecule has 2 aromatic rings. The van der Waals surface area contributed by atoms with Gasteiger partial charge in [0.2, 0.25) is 0 Å². The minimum atomic E-state index is -0.182. The van der Waals surface area contributed by atoms with Crippen molar-refractivity contribution in [1.82, 2.24) is 4.98 Å². The molecule has 0 radical (unpaired) electrons. The number of esters is 1. The molecule has 4 nitrogen and oxygen atoms in total. The molecular formula is C18H25NO3. The molecule has 0 amide bonds. The third-order valence-corrected chi connectivity index (χ3v) is 4.63. The lowest BCUT2D eigenvalue weighted by Gasteiger charge is -2.32. The number of fused-ring (bicyclic) bond motifs is 1. The molecule has 0 aliphatic rings. The Morgan fingerprint density at radius 2 is 2.09 bits per heavy atom. The predicted octanol–water partition coefficient (Wildman–Crippen LogP) is 3.54. The van der Waals surface area contributed by atoms with Crippen molar-refractivity contribution in [3.8, 4) is 0 Å². The van der Waals surface area contributed by atoms with E-state index in [9.17, 15) is 9.90 Å². The zero-order valence-electron chi connectivity index (χ0n) is 13.4. The molecule has 0 aliphatic carbocycles. The second-order valence-corrected chi connectivity index (χ2v) is 5.81. The van der Waals surface area contributed by atoms with Crippen molar-refractivity contribution in [3.05, 3.63) is 36.0 Å². The second kappa shape index (κ2) is 7.45. The zero-order valence-corrected chi connectivity index (χ0v) is 13.4. The number of hydrogen-bond acceptors (Lipinski definition) is 3. The Kier molecular flexibility index (Phi) is 5.61. The highest BCUT2D eigenvalue weighted by Gasteiger charge is 2.32. The van der Waals surface area contributed by atoms with Gasteiger partial charge in [-0.1, -0.05) is 25.1 Å². The Morgan fingerprint density at radius 3 is 2.73 bits per heavy atom. The Morgan fingerprint density at radius 1 is 1.32 bits per heavy atom. The Bertz CT molecular complexity index is 587. The summed E-state index contributed by atoms with van der Waals surface area (Å²) in [4.78, 5) is 15.1. The highest BCUT2D eigenvalue weighted by Crippen LogP contribution is 2.38. The minimum absolute atomic E-state index is 0.129. The number of methoxy groups -OCH3 is 1. The number of hydrogen-bond donors (Lipinski definition) is 2. The number of para-hydroxylation sites is 1. The van der Waals surface area contributed by atoms with E-state index in [1.165, 1.54) is 12.5 Å². The number of ether oxygens (including phenoxy) is 1. The second-order valence-electron chi connectivity index (χ2n) is 5.81. The molecule has 1 atom stereocenters.